The monoisotopic (exact) mass is 513 g/mol. The topological polar surface area (TPSA) is 68.8 Å². The number of para-hydroxylation sites is 1. The van der Waals surface area contributed by atoms with Gasteiger partial charge in [-0.3, -0.25) is 9.79 Å². The molecular formula is C20H28IN5OS. The highest BCUT2D eigenvalue weighted by atomic mass is 127. The van der Waals surface area contributed by atoms with Gasteiger partial charge in [0.05, 0.1) is 4.88 Å². The zero-order valence-corrected chi connectivity index (χ0v) is 19.2. The van der Waals surface area contributed by atoms with E-state index in [9.17, 15) is 4.79 Å². The molecule has 0 radical (unpaired) electrons. The molecule has 3 rings (SSSR count). The maximum atomic E-state index is 11.9. The van der Waals surface area contributed by atoms with Crippen LogP contribution in [-0.4, -0.2) is 51.1 Å². The molecule has 0 saturated carbocycles. The molecule has 1 atom stereocenters. The number of amides is 1. The molecule has 6 nitrogen and oxygen atoms in total. The predicted molar refractivity (Wildman–Crippen MR) is 128 cm³/mol. The van der Waals surface area contributed by atoms with Crippen molar-refractivity contribution in [2.75, 3.05) is 38.1 Å². The van der Waals surface area contributed by atoms with E-state index in [0.29, 0.717) is 12.6 Å². The second-order valence-corrected chi connectivity index (χ2v) is 7.44. The Morgan fingerprint density at radius 1 is 1.18 bits per heavy atom. The number of rotatable bonds is 7. The van der Waals surface area contributed by atoms with E-state index in [4.69, 9.17) is 0 Å². The highest BCUT2D eigenvalue weighted by molar-refractivity contribution is 14.0. The van der Waals surface area contributed by atoms with Crippen LogP contribution in [0, 0.1) is 0 Å². The molecule has 3 N–H and O–H groups in total. The van der Waals surface area contributed by atoms with Gasteiger partial charge in [0.1, 0.15) is 0 Å². The number of carbonyl (C=O) groups excluding carboxylic acids is 1. The van der Waals surface area contributed by atoms with Crippen molar-refractivity contribution in [3.63, 3.8) is 0 Å². The van der Waals surface area contributed by atoms with Crippen LogP contribution in [0.2, 0.25) is 0 Å². The standard InChI is InChI=1S/C20H27N5OS.HI/c1-21-20(23-12-6-11-22-19(26)18-9-5-14-27-18)24-16-10-13-25(15-16)17-7-3-2-4-8-17;/h2-5,7-9,14,16H,6,10-13,15H2,1H3,(H,22,26)(H2,21,23,24);1H. The number of nitrogens with one attached hydrogen (secondary N) is 3. The van der Waals surface area contributed by atoms with Gasteiger partial charge in [-0.15, -0.1) is 35.3 Å². The van der Waals surface area contributed by atoms with Gasteiger partial charge < -0.3 is 20.9 Å². The van der Waals surface area contributed by atoms with Crippen molar-refractivity contribution in [1.29, 1.82) is 0 Å². The van der Waals surface area contributed by atoms with Gasteiger partial charge in [0.25, 0.3) is 5.91 Å². The number of thiophene rings is 1. The molecule has 1 aliphatic rings. The molecule has 1 aromatic heterocycles. The molecule has 2 heterocycles. The Kier molecular flexibility index (Phi) is 9.56. The van der Waals surface area contributed by atoms with Gasteiger partial charge in [-0.25, -0.2) is 0 Å². The first-order valence-electron chi connectivity index (χ1n) is 9.35. The van der Waals surface area contributed by atoms with Crippen LogP contribution in [0.5, 0.6) is 0 Å². The lowest BCUT2D eigenvalue weighted by molar-refractivity contribution is 0.0957. The smallest absolute Gasteiger partial charge is 0.261 e. The summed E-state index contributed by atoms with van der Waals surface area (Å²) < 4.78 is 0. The van der Waals surface area contributed by atoms with E-state index in [2.05, 4.69) is 50.1 Å². The maximum absolute atomic E-state index is 11.9. The van der Waals surface area contributed by atoms with Crippen LogP contribution in [0.4, 0.5) is 5.69 Å². The first-order chi connectivity index (χ1) is 13.3. The molecule has 1 fully saturated rings. The first-order valence-corrected chi connectivity index (χ1v) is 10.2. The van der Waals surface area contributed by atoms with E-state index in [1.807, 2.05) is 23.6 Å². The molecule has 1 saturated heterocycles. The first kappa shape index (κ1) is 22.5. The summed E-state index contributed by atoms with van der Waals surface area (Å²) in [6.45, 7) is 3.43. The van der Waals surface area contributed by atoms with Crippen molar-refractivity contribution in [3.05, 3.63) is 52.7 Å². The number of carbonyl (C=O) groups is 1. The van der Waals surface area contributed by atoms with Crippen LogP contribution in [0.1, 0.15) is 22.5 Å². The summed E-state index contributed by atoms with van der Waals surface area (Å²) in [5, 5.41) is 11.7. The minimum absolute atomic E-state index is 0. The number of nitrogens with zero attached hydrogens (tertiary/aromatic N) is 2. The molecule has 0 aliphatic carbocycles. The second kappa shape index (κ2) is 11.9. The second-order valence-electron chi connectivity index (χ2n) is 6.50. The van der Waals surface area contributed by atoms with Crippen LogP contribution in [0.15, 0.2) is 52.8 Å². The fraction of sp³-hybridized carbons (Fsp3) is 0.400. The third-order valence-corrected chi connectivity index (χ3v) is 5.42. The van der Waals surface area contributed by atoms with Crippen molar-refractivity contribution < 1.29 is 4.79 Å². The molecule has 1 amide bonds. The van der Waals surface area contributed by atoms with Gasteiger partial charge in [-0.1, -0.05) is 24.3 Å². The maximum Gasteiger partial charge on any atom is 0.261 e. The van der Waals surface area contributed by atoms with Gasteiger partial charge in [0, 0.05) is 45.0 Å². The lowest BCUT2D eigenvalue weighted by atomic mass is 10.2. The van der Waals surface area contributed by atoms with Gasteiger partial charge in [-0.05, 0) is 36.4 Å². The lowest BCUT2D eigenvalue weighted by Gasteiger charge is -2.20. The molecule has 8 heteroatoms. The fourth-order valence-corrected chi connectivity index (χ4v) is 3.77. The lowest BCUT2D eigenvalue weighted by Crippen LogP contribution is -2.45. The number of halogens is 1. The molecule has 1 aromatic carbocycles. The molecular weight excluding hydrogens is 485 g/mol. The van der Waals surface area contributed by atoms with Crippen LogP contribution in [0.3, 0.4) is 0 Å². The summed E-state index contributed by atoms with van der Waals surface area (Å²) in [4.78, 5) is 19.3. The Hall–Kier alpha value is -1.81. The van der Waals surface area contributed by atoms with Crippen molar-refractivity contribution >= 4 is 52.9 Å². The average molecular weight is 513 g/mol. The van der Waals surface area contributed by atoms with Crippen molar-refractivity contribution in [2.45, 2.75) is 18.9 Å². The van der Waals surface area contributed by atoms with Crippen LogP contribution >= 0.6 is 35.3 Å². The minimum Gasteiger partial charge on any atom is -0.369 e. The van der Waals surface area contributed by atoms with E-state index in [0.717, 1.165) is 43.3 Å². The number of aliphatic imine (C=N–C) groups is 1. The third kappa shape index (κ3) is 6.66. The normalized spacial score (nSPS) is 16.4. The highest BCUT2D eigenvalue weighted by Crippen LogP contribution is 2.19. The Balaban J connectivity index is 0.00000280. The quantitative estimate of drug-likeness (QED) is 0.231. The van der Waals surface area contributed by atoms with E-state index in [1.165, 1.54) is 17.0 Å². The van der Waals surface area contributed by atoms with E-state index >= 15 is 0 Å². The molecule has 28 heavy (non-hydrogen) atoms. The van der Waals surface area contributed by atoms with E-state index in [-0.39, 0.29) is 29.9 Å². The summed E-state index contributed by atoms with van der Waals surface area (Å²) in [6, 6.07) is 14.6. The van der Waals surface area contributed by atoms with Crippen molar-refractivity contribution in [1.82, 2.24) is 16.0 Å². The average Bonchev–Trinajstić information content (AvgIpc) is 3.39. The number of benzene rings is 1. The van der Waals surface area contributed by atoms with Crippen molar-refractivity contribution in [2.24, 2.45) is 4.99 Å². The van der Waals surface area contributed by atoms with Crippen LogP contribution in [-0.2, 0) is 0 Å². The summed E-state index contributed by atoms with van der Waals surface area (Å²) in [7, 11) is 1.79. The summed E-state index contributed by atoms with van der Waals surface area (Å²) in [5.41, 5.74) is 1.27. The van der Waals surface area contributed by atoms with E-state index < -0.39 is 0 Å². The SMILES string of the molecule is CN=C(NCCCNC(=O)c1cccs1)NC1CCN(c2ccccc2)C1.I. The molecule has 0 spiro atoms. The van der Waals surface area contributed by atoms with E-state index in [1.54, 1.807) is 7.05 Å². The van der Waals surface area contributed by atoms with Gasteiger partial charge in [0.2, 0.25) is 0 Å². The summed E-state index contributed by atoms with van der Waals surface area (Å²) in [5.74, 6) is 0.818. The van der Waals surface area contributed by atoms with Crippen LogP contribution < -0.4 is 20.9 Å². The number of guanidine groups is 1. The van der Waals surface area contributed by atoms with Crippen molar-refractivity contribution in [3.8, 4) is 0 Å². The zero-order valence-electron chi connectivity index (χ0n) is 16.1. The molecule has 152 valence electrons. The largest absolute Gasteiger partial charge is 0.369 e. The van der Waals surface area contributed by atoms with Gasteiger partial charge >= 0.3 is 0 Å². The fourth-order valence-electron chi connectivity index (χ4n) is 3.13. The highest BCUT2D eigenvalue weighted by Gasteiger charge is 2.23. The van der Waals surface area contributed by atoms with Gasteiger partial charge in [0.15, 0.2) is 5.96 Å². The Morgan fingerprint density at radius 3 is 2.68 bits per heavy atom. The molecule has 1 aliphatic heterocycles. The molecule has 2 aromatic rings. The Bertz CT molecular complexity index is 738. The zero-order chi connectivity index (χ0) is 18.9. The molecule has 0 bridgehead atoms. The minimum atomic E-state index is -0.000494. The Labute approximate surface area is 187 Å². The summed E-state index contributed by atoms with van der Waals surface area (Å²) in [6.07, 6.45) is 1.94. The number of hydrogen-bond acceptors (Lipinski definition) is 4. The number of hydrogen-bond donors (Lipinski definition) is 3. The third-order valence-electron chi connectivity index (χ3n) is 4.55. The van der Waals surface area contributed by atoms with Crippen LogP contribution in [0.25, 0.3) is 0 Å². The summed E-state index contributed by atoms with van der Waals surface area (Å²) >= 11 is 1.46. The number of anilines is 1. The molecule has 1 unspecified atom stereocenters. The van der Waals surface area contributed by atoms with Gasteiger partial charge in [-0.2, -0.15) is 0 Å². The Morgan fingerprint density at radius 2 is 1.96 bits per heavy atom. The predicted octanol–water partition coefficient (Wildman–Crippen LogP) is 2.93.